The molecule has 0 bridgehead atoms. The monoisotopic (exact) mass is 428 g/mol. The number of carbonyl (C=O) groups excluding carboxylic acids is 1. The van der Waals surface area contributed by atoms with Crippen LogP contribution in [-0.2, 0) is 17.1 Å². The Morgan fingerprint density at radius 2 is 1.83 bits per heavy atom. The van der Waals surface area contributed by atoms with Crippen LogP contribution in [0.5, 0.6) is 0 Å². The molecule has 29 heavy (non-hydrogen) atoms. The average Bonchev–Trinajstić information content (AvgIpc) is 2.71. The third-order valence-corrected chi connectivity index (χ3v) is 5.48. The van der Waals surface area contributed by atoms with Crippen molar-refractivity contribution >= 4 is 46.9 Å². The van der Waals surface area contributed by atoms with E-state index in [-0.39, 0.29) is 17.1 Å². The Morgan fingerprint density at radius 1 is 1.10 bits per heavy atom. The van der Waals surface area contributed by atoms with E-state index < -0.39 is 0 Å². The zero-order chi connectivity index (χ0) is 20.6. The fourth-order valence-electron chi connectivity index (χ4n) is 2.45. The maximum atomic E-state index is 12.4. The summed E-state index contributed by atoms with van der Waals surface area (Å²) < 4.78 is 0. The number of carbonyl (C=O) groups is 1. The zero-order valence-corrected chi connectivity index (χ0v) is 17.4. The molecule has 4 N–H and O–H groups in total. The van der Waals surface area contributed by atoms with Gasteiger partial charge in [0.25, 0.3) is 0 Å². The first-order chi connectivity index (χ1) is 14.0. The molecule has 3 aromatic rings. The van der Waals surface area contributed by atoms with E-state index in [0.29, 0.717) is 29.1 Å². The van der Waals surface area contributed by atoms with Crippen LogP contribution in [0, 0.1) is 0 Å². The third-order valence-electron chi connectivity index (χ3n) is 3.97. The molecule has 1 heterocycles. The van der Waals surface area contributed by atoms with Gasteiger partial charge in [-0.3, -0.25) is 4.79 Å². The fraction of sp³-hybridized carbons (Fsp3) is 0.200. The number of amides is 1. The molecule has 0 aliphatic heterocycles. The number of nitrogens with two attached hydrogens (primary N) is 1. The number of thioether (sulfide) groups is 1. The van der Waals surface area contributed by atoms with Crippen LogP contribution in [0.3, 0.4) is 0 Å². The Kier molecular flexibility index (Phi) is 7.26. The summed E-state index contributed by atoms with van der Waals surface area (Å²) in [6.45, 7) is 2.22. The van der Waals surface area contributed by atoms with Gasteiger partial charge in [-0.05, 0) is 30.7 Å². The van der Waals surface area contributed by atoms with Gasteiger partial charge in [-0.2, -0.15) is 15.0 Å². The summed E-state index contributed by atoms with van der Waals surface area (Å²) in [4.78, 5) is 25.0. The highest BCUT2D eigenvalue weighted by Gasteiger charge is 2.15. The van der Waals surface area contributed by atoms with Crippen molar-refractivity contribution in [1.29, 1.82) is 0 Å². The second-order valence-corrected chi connectivity index (χ2v) is 7.92. The lowest BCUT2D eigenvalue weighted by Gasteiger charge is -2.13. The number of para-hydroxylation sites is 1. The van der Waals surface area contributed by atoms with Gasteiger partial charge in [0.05, 0.1) is 11.0 Å². The fourth-order valence-corrected chi connectivity index (χ4v) is 3.42. The molecule has 9 heteroatoms. The number of hydrogen-bond donors (Lipinski definition) is 3. The minimum atomic E-state index is -0.291. The van der Waals surface area contributed by atoms with E-state index in [1.54, 1.807) is 6.07 Å². The maximum absolute atomic E-state index is 12.4. The molecule has 1 aromatic heterocycles. The van der Waals surface area contributed by atoms with Gasteiger partial charge in [-0.25, -0.2) is 0 Å². The molecule has 0 radical (unpaired) electrons. The van der Waals surface area contributed by atoms with Crippen molar-refractivity contribution in [2.75, 3.05) is 11.1 Å². The number of nitrogen functional groups attached to an aromatic ring is 1. The van der Waals surface area contributed by atoms with Crippen molar-refractivity contribution in [2.24, 2.45) is 0 Å². The Morgan fingerprint density at radius 3 is 2.59 bits per heavy atom. The highest BCUT2D eigenvalue weighted by molar-refractivity contribution is 7.99. The predicted molar refractivity (Wildman–Crippen MR) is 118 cm³/mol. The Balaban J connectivity index is 1.54. The quantitative estimate of drug-likeness (QED) is 0.501. The van der Waals surface area contributed by atoms with Gasteiger partial charge in [0.1, 0.15) is 5.82 Å². The number of benzene rings is 2. The largest absolute Gasteiger partial charge is 0.368 e. The van der Waals surface area contributed by atoms with E-state index in [1.807, 2.05) is 55.5 Å². The van der Waals surface area contributed by atoms with Crippen LogP contribution < -0.4 is 16.4 Å². The molecule has 0 spiro atoms. The van der Waals surface area contributed by atoms with E-state index in [1.165, 1.54) is 11.8 Å². The van der Waals surface area contributed by atoms with E-state index in [4.69, 9.17) is 17.3 Å². The van der Waals surface area contributed by atoms with Crippen molar-refractivity contribution < 1.29 is 4.79 Å². The van der Waals surface area contributed by atoms with Crippen LogP contribution in [-0.4, -0.2) is 26.1 Å². The molecule has 2 aromatic carbocycles. The number of halogens is 1. The molecule has 0 aliphatic rings. The summed E-state index contributed by atoms with van der Waals surface area (Å²) in [6, 6.07) is 17.0. The highest BCUT2D eigenvalue weighted by Crippen LogP contribution is 2.19. The number of hydrogen-bond acceptors (Lipinski definition) is 7. The van der Waals surface area contributed by atoms with Crippen molar-refractivity contribution in [3.8, 4) is 0 Å². The number of nitrogens with one attached hydrogen (secondary N) is 2. The maximum Gasteiger partial charge on any atom is 0.233 e. The van der Waals surface area contributed by atoms with Crippen LogP contribution in [0.1, 0.15) is 18.3 Å². The summed E-state index contributed by atoms with van der Waals surface area (Å²) in [6.07, 6.45) is 0. The molecular weight excluding hydrogens is 408 g/mol. The molecule has 1 unspecified atom stereocenters. The normalized spacial score (nSPS) is 11.7. The minimum Gasteiger partial charge on any atom is -0.368 e. The van der Waals surface area contributed by atoms with Crippen LogP contribution >= 0.6 is 23.4 Å². The molecular formula is C20H21ClN6OS. The van der Waals surface area contributed by atoms with Gasteiger partial charge < -0.3 is 16.4 Å². The Bertz CT molecular complexity index is 972. The first-order valence-corrected chi connectivity index (χ1v) is 10.4. The van der Waals surface area contributed by atoms with Crippen LogP contribution in [0.2, 0.25) is 5.02 Å². The smallest absolute Gasteiger partial charge is 0.233 e. The van der Waals surface area contributed by atoms with Crippen molar-refractivity contribution in [2.45, 2.75) is 24.5 Å². The molecule has 1 amide bonds. The van der Waals surface area contributed by atoms with Gasteiger partial charge in [0.15, 0.2) is 0 Å². The average molecular weight is 429 g/mol. The molecule has 0 saturated heterocycles. The summed E-state index contributed by atoms with van der Waals surface area (Å²) in [5, 5.41) is 6.33. The van der Waals surface area contributed by atoms with E-state index in [0.717, 1.165) is 11.3 Å². The van der Waals surface area contributed by atoms with Crippen molar-refractivity contribution in [3.05, 3.63) is 71.0 Å². The third kappa shape index (κ3) is 6.33. The standard InChI is InChI=1S/C20H21ClN6OS/c1-13(18(28)23-11-14-7-5-6-10-16(14)21)29-12-17-25-19(22)27-20(26-17)24-15-8-3-2-4-9-15/h2-10,13H,11-12H2,1H3,(H,23,28)(H3,22,24,25,26,27). The SMILES string of the molecule is CC(SCc1nc(N)nc(Nc2ccccc2)n1)C(=O)NCc1ccccc1Cl. The van der Waals surface area contributed by atoms with Crippen LogP contribution in [0.25, 0.3) is 0 Å². The summed E-state index contributed by atoms with van der Waals surface area (Å²) in [5.41, 5.74) is 7.53. The number of anilines is 3. The number of rotatable bonds is 8. The van der Waals surface area contributed by atoms with E-state index in [9.17, 15) is 4.79 Å². The Labute approximate surface area is 178 Å². The summed E-state index contributed by atoms with van der Waals surface area (Å²) in [7, 11) is 0. The van der Waals surface area contributed by atoms with Crippen molar-refractivity contribution in [1.82, 2.24) is 20.3 Å². The lowest BCUT2D eigenvalue weighted by molar-refractivity contribution is -0.120. The number of aromatic nitrogens is 3. The molecule has 0 fully saturated rings. The van der Waals surface area contributed by atoms with Gasteiger partial charge in [0.2, 0.25) is 17.8 Å². The lowest BCUT2D eigenvalue weighted by atomic mass is 10.2. The first kappa shape index (κ1) is 20.9. The van der Waals surface area contributed by atoms with Gasteiger partial charge in [0, 0.05) is 17.3 Å². The van der Waals surface area contributed by atoms with Gasteiger partial charge >= 0.3 is 0 Å². The van der Waals surface area contributed by atoms with E-state index >= 15 is 0 Å². The number of nitrogens with zero attached hydrogens (tertiary/aromatic N) is 3. The molecule has 0 aliphatic carbocycles. The molecule has 3 rings (SSSR count). The second-order valence-electron chi connectivity index (χ2n) is 6.19. The highest BCUT2D eigenvalue weighted by atomic mass is 35.5. The molecule has 0 saturated carbocycles. The topological polar surface area (TPSA) is 106 Å². The van der Waals surface area contributed by atoms with Gasteiger partial charge in [-0.15, -0.1) is 11.8 Å². The van der Waals surface area contributed by atoms with Crippen LogP contribution in [0.4, 0.5) is 17.6 Å². The molecule has 150 valence electrons. The Hall–Kier alpha value is -2.84. The predicted octanol–water partition coefficient (Wildman–Crippen LogP) is 3.79. The molecule has 1 atom stereocenters. The van der Waals surface area contributed by atoms with Crippen molar-refractivity contribution in [3.63, 3.8) is 0 Å². The first-order valence-electron chi connectivity index (χ1n) is 8.96. The summed E-state index contributed by atoms with van der Waals surface area (Å²) in [5.74, 6) is 1.35. The zero-order valence-electron chi connectivity index (χ0n) is 15.8. The molecule has 7 nitrogen and oxygen atoms in total. The summed E-state index contributed by atoms with van der Waals surface area (Å²) >= 11 is 7.54. The lowest BCUT2D eigenvalue weighted by Crippen LogP contribution is -2.30. The second kappa shape index (κ2) is 10.1. The van der Waals surface area contributed by atoms with Crippen LogP contribution in [0.15, 0.2) is 54.6 Å². The minimum absolute atomic E-state index is 0.0837. The van der Waals surface area contributed by atoms with Gasteiger partial charge in [-0.1, -0.05) is 48.0 Å². The van der Waals surface area contributed by atoms with E-state index in [2.05, 4.69) is 25.6 Å².